The molecule has 166 valence electrons. The van der Waals surface area contributed by atoms with Crippen LogP contribution in [0.1, 0.15) is 46.2 Å². The van der Waals surface area contributed by atoms with Crippen molar-refractivity contribution in [1.29, 1.82) is 0 Å². The van der Waals surface area contributed by atoms with Gasteiger partial charge in [-0.1, -0.05) is 42.5 Å². The molecule has 0 aliphatic carbocycles. The Morgan fingerprint density at radius 1 is 1.06 bits per heavy atom. The molecule has 6 heteroatoms. The highest BCUT2D eigenvalue weighted by atomic mass is 16.1. The maximum absolute atomic E-state index is 12.7. The highest BCUT2D eigenvalue weighted by Crippen LogP contribution is 2.27. The number of hydrogen-bond acceptors (Lipinski definition) is 5. The Hall–Kier alpha value is -3.64. The van der Waals surface area contributed by atoms with Crippen LogP contribution in [0.15, 0.2) is 73.1 Å². The summed E-state index contributed by atoms with van der Waals surface area (Å²) in [6.45, 7) is 4.70. The van der Waals surface area contributed by atoms with Gasteiger partial charge in [-0.05, 0) is 50.1 Å². The summed E-state index contributed by atoms with van der Waals surface area (Å²) in [5, 5.41) is 4.09. The van der Waals surface area contributed by atoms with Crippen LogP contribution >= 0.6 is 0 Å². The number of nitrogens with zero attached hydrogens (tertiary/aromatic N) is 4. The van der Waals surface area contributed by atoms with Gasteiger partial charge in [0.15, 0.2) is 0 Å². The summed E-state index contributed by atoms with van der Waals surface area (Å²) in [7, 11) is 0. The van der Waals surface area contributed by atoms with Gasteiger partial charge in [0.1, 0.15) is 5.82 Å². The lowest BCUT2D eigenvalue weighted by atomic mass is 9.96. The Balaban J connectivity index is 1.29. The number of fused-ring (bicyclic) bond motifs is 1. The number of aryl methyl sites for hydroxylation is 1. The highest BCUT2D eigenvalue weighted by Gasteiger charge is 2.25. The average Bonchev–Trinajstić information content (AvgIpc) is 2.85. The third-order valence-electron chi connectivity index (χ3n) is 6.26. The molecule has 1 fully saturated rings. The second-order valence-corrected chi connectivity index (χ2v) is 8.61. The van der Waals surface area contributed by atoms with Crippen LogP contribution in [0.4, 0.5) is 5.69 Å². The van der Waals surface area contributed by atoms with Crippen LogP contribution in [-0.2, 0) is 6.54 Å². The topological polar surface area (TPSA) is 71.0 Å². The number of amides is 1. The van der Waals surface area contributed by atoms with Crippen LogP contribution < -0.4 is 5.32 Å². The molecular weight excluding hydrogens is 410 g/mol. The number of para-hydroxylation sites is 2. The number of carbonyl (C=O) groups excluding carboxylic acids is 1. The Bertz CT molecular complexity index is 1270. The predicted octanol–water partition coefficient (Wildman–Crippen LogP) is 4.97. The second kappa shape index (κ2) is 9.46. The Morgan fingerprint density at radius 3 is 2.76 bits per heavy atom. The number of anilines is 1. The number of likely N-dealkylation sites (tertiary alicyclic amines) is 1. The molecule has 1 aliphatic heterocycles. The summed E-state index contributed by atoms with van der Waals surface area (Å²) in [5.74, 6) is 0.898. The van der Waals surface area contributed by atoms with Gasteiger partial charge in [-0.3, -0.25) is 14.7 Å². The van der Waals surface area contributed by atoms with Crippen molar-refractivity contribution in [3.63, 3.8) is 0 Å². The van der Waals surface area contributed by atoms with E-state index in [9.17, 15) is 4.79 Å². The van der Waals surface area contributed by atoms with E-state index in [2.05, 4.69) is 44.5 Å². The average molecular weight is 438 g/mol. The zero-order chi connectivity index (χ0) is 22.6. The highest BCUT2D eigenvalue weighted by molar-refractivity contribution is 6.04. The summed E-state index contributed by atoms with van der Waals surface area (Å²) >= 11 is 0. The van der Waals surface area contributed by atoms with Crippen LogP contribution in [0.5, 0.6) is 0 Å². The van der Waals surface area contributed by atoms with Gasteiger partial charge in [0.25, 0.3) is 5.91 Å². The molecule has 2 aromatic carbocycles. The molecule has 0 radical (unpaired) electrons. The van der Waals surface area contributed by atoms with E-state index in [0.717, 1.165) is 49.5 Å². The molecule has 0 bridgehead atoms. The Morgan fingerprint density at radius 2 is 1.91 bits per heavy atom. The van der Waals surface area contributed by atoms with Crippen molar-refractivity contribution in [3.8, 4) is 0 Å². The van der Waals surface area contributed by atoms with E-state index in [-0.39, 0.29) is 11.8 Å². The third-order valence-corrected chi connectivity index (χ3v) is 6.26. The molecule has 0 spiro atoms. The molecule has 1 unspecified atom stereocenters. The minimum atomic E-state index is -0.182. The van der Waals surface area contributed by atoms with E-state index >= 15 is 0 Å². The molecule has 0 saturated carbocycles. The van der Waals surface area contributed by atoms with Gasteiger partial charge >= 0.3 is 0 Å². The van der Waals surface area contributed by atoms with Crippen molar-refractivity contribution >= 4 is 22.5 Å². The number of aromatic nitrogens is 3. The maximum Gasteiger partial charge on any atom is 0.259 e. The number of piperidine rings is 1. The molecule has 4 aromatic rings. The summed E-state index contributed by atoms with van der Waals surface area (Å²) in [5.41, 5.74) is 4.31. The van der Waals surface area contributed by atoms with Gasteiger partial charge in [0, 0.05) is 42.5 Å². The first-order valence-corrected chi connectivity index (χ1v) is 11.4. The lowest BCUT2D eigenvalue weighted by Crippen LogP contribution is -2.34. The summed E-state index contributed by atoms with van der Waals surface area (Å²) in [4.78, 5) is 29.1. The number of carbonyl (C=O) groups is 1. The smallest absolute Gasteiger partial charge is 0.259 e. The van der Waals surface area contributed by atoms with Gasteiger partial charge < -0.3 is 5.32 Å². The van der Waals surface area contributed by atoms with E-state index in [1.165, 1.54) is 10.9 Å². The van der Waals surface area contributed by atoms with Crippen molar-refractivity contribution < 1.29 is 4.79 Å². The first kappa shape index (κ1) is 21.2. The van der Waals surface area contributed by atoms with E-state index in [0.29, 0.717) is 11.3 Å². The molecule has 5 rings (SSSR count). The van der Waals surface area contributed by atoms with Crippen LogP contribution in [0.2, 0.25) is 0 Å². The monoisotopic (exact) mass is 437 g/mol. The van der Waals surface area contributed by atoms with Crippen LogP contribution in [0.3, 0.4) is 0 Å². The predicted molar refractivity (Wildman–Crippen MR) is 130 cm³/mol. The van der Waals surface area contributed by atoms with Gasteiger partial charge in [0.05, 0.1) is 16.8 Å². The van der Waals surface area contributed by atoms with Gasteiger partial charge in [-0.2, -0.15) is 0 Å². The largest absolute Gasteiger partial charge is 0.322 e. The molecule has 6 nitrogen and oxygen atoms in total. The fourth-order valence-electron chi connectivity index (χ4n) is 4.57. The first-order chi connectivity index (χ1) is 16.2. The molecule has 1 N–H and O–H groups in total. The molecule has 1 amide bonds. The molecule has 3 heterocycles. The SMILES string of the molecule is Cc1nc(C2CCCN(Cc3cccc4cccnc34)C2)ncc1C(=O)Nc1ccccc1. The van der Waals surface area contributed by atoms with Crippen molar-refractivity contribution in [2.24, 2.45) is 0 Å². The van der Waals surface area contributed by atoms with Crippen LogP contribution in [0, 0.1) is 6.92 Å². The fourth-order valence-corrected chi connectivity index (χ4v) is 4.57. The van der Waals surface area contributed by atoms with Crippen molar-refractivity contribution in [3.05, 3.63) is 95.7 Å². The number of nitrogens with one attached hydrogen (secondary N) is 1. The summed E-state index contributed by atoms with van der Waals surface area (Å²) in [6.07, 6.45) is 5.68. The van der Waals surface area contributed by atoms with E-state index in [1.807, 2.05) is 49.5 Å². The molecule has 33 heavy (non-hydrogen) atoms. The van der Waals surface area contributed by atoms with Crippen molar-refractivity contribution in [2.45, 2.75) is 32.2 Å². The Labute approximate surface area is 193 Å². The van der Waals surface area contributed by atoms with Crippen LogP contribution in [0.25, 0.3) is 10.9 Å². The fraction of sp³-hybridized carbons (Fsp3) is 0.259. The minimum absolute atomic E-state index is 0.182. The normalized spacial score (nSPS) is 16.6. The van der Waals surface area contributed by atoms with E-state index < -0.39 is 0 Å². The molecule has 2 aromatic heterocycles. The zero-order valence-electron chi connectivity index (χ0n) is 18.7. The quantitative estimate of drug-likeness (QED) is 0.478. The summed E-state index contributed by atoms with van der Waals surface area (Å²) in [6, 6.07) is 19.9. The molecule has 1 saturated heterocycles. The number of rotatable bonds is 5. The Kier molecular flexibility index (Phi) is 6.09. The van der Waals surface area contributed by atoms with Crippen molar-refractivity contribution in [1.82, 2.24) is 19.9 Å². The molecule has 1 atom stereocenters. The number of hydrogen-bond donors (Lipinski definition) is 1. The van der Waals surface area contributed by atoms with Crippen molar-refractivity contribution in [2.75, 3.05) is 18.4 Å². The number of pyridine rings is 1. The molecular formula is C27H27N5O. The lowest BCUT2D eigenvalue weighted by molar-refractivity contribution is 0.102. The van der Waals surface area contributed by atoms with Crippen LogP contribution in [-0.4, -0.2) is 38.8 Å². The zero-order valence-corrected chi connectivity index (χ0v) is 18.7. The third kappa shape index (κ3) is 4.76. The van der Waals surface area contributed by atoms with E-state index in [1.54, 1.807) is 6.20 Å². The first-order valence-electron chi connectivity index (χ1n) is 11.4. The van der Waals surface area contributed by atoms with E-state index in [4.69, 9.17) is 4.98 Å². The standard InChI is InChI=1S/C27H27N5O/c1-19-24(27(33)31-23-12-3-2-4-13-23)16-29-26(30-19)22-11-7-15-32(18-22)17-21-9-5-8-20-10-6-14-28-25(20)21/h2-6,8-10,12-14,16,22H,7,11,15,17-18H2,1H3,(H,31,33). The number of benzene rings is 2. The maximum atomic E-state index is 12.7. The summed E-state index contributed by atoms with van der Waals surface area (Å²) < 4.78 is 0. The van der Waals surface area contributed by atoms with Gasteiger partial charge in [-0.15, -0.1) is 0 Å². The minimum Gasteiger partial charge on any atom is -0.322 e. The van der Waals surface area contributed by atoms with Gasteiger partial charge in [-0.25, -0.2) is 9.97 Å². The molecule has 1 aliphatic rings. The van der Waals surface area contributed by atoms with Gasteiger partial charge in [0.2, 0.25) is 0 Å². The second-order valence-electron chi connectivity index (χ2n) is 8.61. The lowest BCUT2D eigenvalue weighted by Gasteiger charge is -2.32.